The molecular formula is C15H17ClFN5O3S. The summed E-state index contributed by atoms with van der Waals surface area (Å²) in [5.74, 6) is -1.19. The molecule has 3 rings (SSSR count). The van der Waals surface area contributed by atoms with Crippen LogP contribution in [0, 0.1) is 5.82 Å². The van der Waals surface area contributed by atoms with E-state index in [9.17, 15) is 17.6 Å². The van der Waals surface area contributed by atoms with Crippen LogP contribution in [0.3, 0.4) is 0 Å². The molecule has 0 aliphatic carbocycles. The second kappa shape index (κ2) is 6.60. The van der Waals surface area contributed by atoms with Gasteiger partial charge in [0, 0.05) is 30.2 Å². The van der Waals surface area contributed by atoms with Crippen LogP contribution in [0.2, 0.25) is 5.02 Å². The Balaban J connectivity index is 1.88. The number of H-pyrrole nitrogens is 1. The van der Waals surface area contributed by atoms with E-state index in [1.807, 2.05) is 0 Å². The van der Waals surface area contributed by atoms with E-state index in [1.165, 1.54) is 21.5 Å². The van der Waals surface area contributed by atoms with Crippen molar-refractivity contribution < 1.29 is 17.6 Å². The average Bonchev–Trinajstić information content (AvgIpc) is 3.09. The van der Waals surface area contributed by atoms with E-state index in [2.05, 4.69) is 15.4 Å². The molecule has 1 fully saturated rings. The summed E-state index contributed by atoms with van der Waals surface area (Å²) in [4.78, 5) is 13.5. The maximum atomic E-state index is 14.1. The zero-order valence-corrected chi connectivity index (χ0v) is 15.7. The van der Waals surface area contributed by atoms with E-state index in [0.29, 0.717) is 0 Å². The third-order valence-electron chi connectivity index (χ3n) is 4.22. The minimum atomic E-state index is -4.12. The molecule has 1 aromatic carbocycles. The molecule has 2 heterocycles. The maximum absolute atomic E-state index is 14.1. The van der Waals surface area contributed by atoms with Gasteiger partial charge in [0.15, 0.2) is 0 Å². The number of nitrogens with one attached hydrogen (secondary N) is 1. The summed E-state index contributed by atoms with van der Waals surface area (Å²) in [5, 5.41) is 9.70. The average molecular weight is 402 g/mol. The van der Waals surface area contributed by atoms with Crippen LogP contribution >= 0.6 is 11.6 Å². The molecule has 140 valence electrons. The molecule has 0 atom stereocenters. The van der Waals surface area contributed by atoms with E-state index in [1.54, 1.807) is 13.8 Å². The normalized spacial score (nSPS) is 18.1. The molecular weight excluding hydrogens is 385 g/mol. The first kappa shape index (κ1) is 18.7. The van der Waals surface area contributed by atoms with Crippen LogP contribution in [-0.2, 0) is 10.0 Å². The summed E-state index contributed by atoms with van der Waals surface area (Å²) in [5.41, 5.74) is -0.729. The zero-order chi connectivity index (χ0) is 19.1. The van der Waals surface area contributed by atoms with Gasteiger partial charge in [0.2, 0.25) is 10.0 Å². The van der Waals surface area contributed by atoms with Crippen LogP contribution in [0.5, 0.6) is 0 Å². The molecule has 0 spiro atoms. The highest BCUT2D eigenvalue weighted by Crippen LogP contribution is 2.31. The van der Waals surface area contributed by atoms with Gasteiger partial charge in [-0.2, -0.15) is 4.31 Å². The summed E-state index contributed by atoms with van der Waals surface area (Å²) in [6.45, 7) is 3.67. The van der Waals surface area contributed by atoms with Gasteiger partial charge in [-0.25, -0.2) is 12.8 Å². The Kier molecular flexibility index (Phi) is 4.76. The zero-order valence-electron chi connectivity index (χ0n) is 14.1. The van der Waals surface area contributed by atoms with Crippen LogP contribution in [0.15, 0.2) is 29.3 Å². The van der Waals surface area contributed by atoms with Crippen LogP contribution in [-0.4, -0.2) is 64.1 Å². The quantitative estimate of drug-likeness (QED) is 0.840. The Morgan fingerprint density at radius 1 is 1.35 bits per heavy atom. The van der Waals surface area contributed by atoms with Crippen molar-refractivity contribution >= 4 is 27.5 Å². The fraction of sp³-hybridized carbons (Fsp3) is 0.400. The molecule has 11 heteroatoms. The minimum Gasteiger partial charge on any atom is -0.334 e. The number of carbonyl (C=O) groups excluding carboxylic acids is 1. The third-order valence-corrected chi connectivity index (χ3v) is 6.58. The van der Waals surface area contributed by atoms with Crippen molar-refractivity contribution in [2.75, 3.05) is 19.6 Å². The van der Waals surface area contributed by atoms with E-state index in [0.717, 1.165) is 12.1 Å². The monoisotopic (exact) mass is 401 g/mol. The lowest BCUT2D eigenvalue weighted by atomic mass is 10.0. The maximum Gasteiger partial charge on any atom is 0.273 e. The molecule has 1 aromatic heterocycles. The van der Waals surface area contributed by atoms with Crippen molar-refractivity contribution in [3.05, 3.63) is 40.9 Å². The van der Waals surface area contributed by atoms with Gasteiger partial charge < -0.3 is 4.90 Å². The highest BCUT2D eigenvalue weighted by Gasteiger charge is 2.44. The van der Waals surface area contributed by atoms with Crippen molar-refractivity contribution in [3.8, 4) is 0 Å². The van der Waals surface area contributed by atoms with E-state index in [4.69, 9.17) is 11.6 Å². The van der Waals surface area contributed by atoms with Gasteiger partial charge in [-0.15, -0.1) is 5.10 Å². The number of rotatable bonds is 3. The van der Waals surface area contributed by atoms with Gasteiger partial charge >= 0.3 is 0 Å². The lowest BCUT2D eigenvalue weighted by Crippen LogP contribution is -2.62. The summed E-state index contributed by atoms with van der Waals surface area (Å²) >= 11 is 5.84. The number of nitrogens with zero attached hydrogens (tertiary/aromatic N) is 4. The SMILES string of the molecule is CC1(C)CN(C(=O)c2cnn[nH]2)CCN1S(=O)(=O)c1cc(Cl)ccc1F. The minimum absolute atomic E-state index is 0.0224. The number of amides is 1. The number of piperazine rings is 1. The number of aromatic nitrogens is 3. The number of aromatic amines is 1. The first-order valence-electron chi connectivity index (χ1n) is 7.76. The third kappa shape index (κ3) is 3.31. The number of carbonyl (C=O) groups is 1. The molecule has 0 radical (unpaired) electrons. The number of benzene rings is 1. The van der Waals surface area contributed by atoms with E-state index in [-0.39, 0.29) is 36.3 Å². The van der Waals surface area contributed by atoms with Gasteiger partial charge in [-0.3, -0.25) is 9.89 Å². The van der Waals surface area contributed by atoms with Crippen LogP contribution < -0.4 is 0 Å². The van der Waals surface area contributed by atoms with E-state index >= 15 is 0 Å². The van der Waals surface area contributed by atoms with Gasteiger partial charge in [0.05, 0.1) is 6.20 Å². The second-order valence-electron chi connectivity index (χ2n) is 6.56. The Bertz CT molecular complexity index is 933. The second-order valence-corrected chi connectivity index (χ2v) is 8.83. The van der Waals surface area contributed by atoms with Crippen molar-refractivity contribution in [3.63, 3.8) is 0 Å². The largest absolute Gasteiger partial charge is 0.334 e. The van der Waals surface area contributed by atoms with E-state index < -0.39 is 26.3 Å². The highest BCUT2D eigenvalue weighted by molar-refractivity contribution is 7.89. The molecule has 0 unspecified atom stereocenters. The number of halogens is 2. The summed E-state index contributed by atoms with van der Waals surface area (Å²) in [6, 6.07) is 3.40. The van der Waals surface area contributed by atoms with Gasteiger partial charge in [0.1, 0.15) is 16.4 Å². The van der Waals surface area contributed by atoms with Crippen molar-refractivity contribution in [2.24, 2.45) is 0 Å². The molecule has 8 nitrogen and oxygen atoms in total. The van der Waals surface area contributed by atoms with Crippen molar-refractivity contribution in [1.82, 2.24) is 24.6 Å². The van der Waals surface area contributed by atoms with Crippen molar-refractivity contribution in [1.29, 1.82) is 0 Å². The molecule has 1 aliphatic rings. The predicted molar refractivity (Wildman–Crippen MR) is 91.7 cm³/mol. The first-order valence-corrected chi connectivity index (χ1v) is 9.58. The lowest BCUT2D eigenvalue weighted by molar-refractivity contribution is 0.0489. The number of hydrogen-bond acceptors (Lipinski definition) is 5. The molecule has 1 aliphatic heterocycles. The first-order chi connectivity index (χ1) is 12.1. The molecule has 0 saturated carbocycles. The van der Waals surface area contributed by atoms with Crippen LogP contribution in [0.4, 0.5) is 4.39 Å². The predicted octanol–water partition coefficient (Wildman–Crippen LogP) is 1.52. The summed E-state index contributed by atoms with van der Waals surface area (Å²) in [6.07, 6.45) is 1.31. The molecule has 2 aromatic rings. The lowest BCUT2D eigenvalue weighted by Gasteiger charge is -2.45. The Morgan fingerprint density at radius 3 is 2.69 bits per heavy atom. The molecule has 1 saturated heterocycles. The van der Waals surface area contributed by atoms with Gasteiger partial charge in [0.25, 0.3) is 5.91 Å². The summed E-state index contributed by atoms with van der Waals surface area (Å²) < 4.78 is 41.3. The molecule has 0 bridgehead atoms. The summed E-state index contributed by atoms with van der Waals surface area (Å²) in [7, 11) is -4.12. The molecule has 1 N–H and O–H groups in total. The smallest absolute Gasteiger partial charge is 0.273 e. The van der Waals surface area contributed by atoms with Crippen molar-refractivity contribution in [2.45, 2.75) is 24.3 Å². The Hall–Kier alpha value is -2.04. The standard InChI is InChI=1S/C15H17ClFN5O3S/c1-15(2)9-21(14(23)12-8-18-20-19-12)5-6-22(15)26(24,25)13-7-10(16)3-4-11(13)17/h3-4,7-8H,5-6,9H2,1-2H3,(H,18,19,20). The number of hydrogen-bond donors (Lipinski definition) is 1. The Morgan fingerprint density at radius 2 is 2.08 bits per heavy atom. The van der Waals surface area contributed by atoms with Crippen LogP contribution in [0.25, 0.3) is 0 Å². The topological polar surface area (TPSA) is 99.3 Å². The highest BCUT2D eigenvalue weighted by atomic mass is 35.5. The van der Waals surface area contributed by atoms with Gasteiger partial charge in [-0.05, 0) is 32.0 Å². The number of sulfonamides is 1. The molecule has 1 amide bonds. The van der Waals surface area contributed by atoms with Gasteiger partial charge in [-0.1, -0.05) is 16.8 Å². The fourth-order valence-electron chi connectivity index (χ4n) is 3.02. The molecule has 26 heavy (non-hydrogen) atoms. The van der Waals surface area contributed by atoms with Crippen LogP contribution in [0.1, 0.15) is 24.3 Å². The fourth-order valence-corrected chi connectivity index (χ4v) is 5.12. The Labute approximate surface area is 155 Å².